The van der Waals surface area contributed by atoms with Gasteiger partial charge >= 0.3 is 6.09 Å². The number of hydrogen-bond donors (Lipinski definition) is 3. The highest BCUT2D eigenvalue weighted by atomic mass is 16.6. The Morgan fingerprint density at radius 3 is 2.73 bits per heavy atom. The second kappa shape index (κ2) is 6.87. The van der Waals surface area contributed by atoms with Crippen LogP contribution in [0.2, 0.25) is 0 Å². The molecular formula is C16H25N3O3. The third-order valence-corrected chi connectivity index (χ3v) is 3.27. The Morgan fingerprint density at radius 1 is 1.36 bits per heavy atom. The molecule has 122 valence electrons. The minimum absolute atomic E-state index is 0.425. The van der Waals surface area contributed by atoms with Gasteiger partial charge in [0.05, 0.1) is 12.8 Å². The Morgan fingerprint density at radius 2 is 2.14 bits per heavy atom. The number of carbonyl (C=O) groups excluding carboxylic acids is 1. The molecule has 0 aliphatic carbocycles. The minimum Gasteiger partial charge on any atom is -0.494 e. The molecule has 6 heteroatoms. The predicted molar refractivity (Wildman–Crippen MR) is 87.7 cm³/mol. The first-order chi connectivity index (χ1) is 10.4. The Labute approximate surface area is 131 Å². The number of rotatable bonds is 4. The Hall–Kier alpha value is -1.95. The molecule has 0 radical (unpaired) electrons. The molecule has 1 amide bonds. The van der Waals surface area contributed by atoms with Crippen molar-refractivity contribution in [3.63, 3.8) is 0 Å². The molecule has 1 atom stereocenters. The zero-order chi connectivity index (χ0) is 16.2. The molecule has 2 rings (SSSR count). The first-order valence-electron chi connectivity index (χ1n) is 7.53. The monoisotopic (exact) mass is 307 g/mol. The summed E-state index contributed by atoms with van der Waals surface area (Å²) in [6.45, 7) is 7.47. The molecule has 1 aliphatic heterocycles. The van der Waals surface area contributed by atoms with Gasteiger partial charge in [-0.2, -0.15) is 0 Å². The largest absolute Gasteiger partial charge is 0.494 e. The second-order valence-electron chi connectivity index (χ2n) is 6.38. The van der Waals surface area contributed by atoms with Crippen LogP contribution >= 0.6 is 0 Å². The molecule has 1 saturated heterocycles. The lowest BCUT2D eigenvalue weighted by molar-refractivity contribution is 0.0635. The van der Waals surface area contributed by atoms with Crippen molar-refractivity contribution in [2.45, 2.75) is 38.8 Å². The number of carbonyl (C=O) groups is 1. The highest BCUT2D eigenvalue weighted by molar-refractivity contribution is 5.87. The van der Waals surface area contributed by atoms with E-state index < -0.39 is 11.7 Å². The number of anilines is 2. The van der Waals surface area contributed by atoms with Crippen LogP contribution in [-0.4, -0.2) is 37.9 Å². The third kappa shape index (κ3) is 4.80. The van der Waals surface area contributed by atoms with Crippen LogP contribution in [0.5, 0.6) is 5.75 Å². The van der Waals surface area contributed by atoms with E-state index in [1.165, 1.54) is 0 Å². The molecule has 0 spiro atoms. The number of benzene rings is 1. The molecule has 1 fully saturated rings. The van der Waals surface area contributed by atoms with Gasteiger partial charge in [0.1, 0.15) is 11.4 Å². The van der Waals surface area contributed by atoms with Gasteiger partial charge in [0.15, 0.2) is 0 Å². The summed E-state index contributed by atoms with van der Waals surface area (Å²) in [5.41, 5.74) is 1.03. The summed E-state index contributed by atoms with van der Waals surface area (Å²) in [6, 6.07) is 6.04. The first kappa shape index (κ1) is 16.4. The first-order valence-corrected chi connectivity index (χ1v) is 7.53. The summed E-state index contributed by atoms with van der Waals surface area (Å²) >= 11 is 0. The van der Waals surface area contributed by atoms with Gasteiger partial charge in [0.25, 0.3) is 0 Å². The molecular weight excluding hydrogens is 282 g/mol. The molecule has 0 saturated carbocycles. The fourth-order valence-electron chi connectivity index (χ4n) is 2.31. The van der Waals surface area contributed by atoms with Crippen molar-refractivity contribution in [2.24, 2.45) is 0 Å². The van der Waals surface area contributed by atoms with E-state index in [0.29, 0.717) is 17.5 Å². The van der Waals surface area contributed by atoms with E-state index in [9.17, 15) is 4.79 Å². The lowest BCUT2D eigenvalue weighted by atomic mass is 10.2. The van der Waals surface area contributed by atoms with Crippen molar-refractivity contribution < 1.29 is 14.3 Å². The standard InChI is InChI=1S/C16H25N3O3/c1-16(2,3)22-15(20)19-13-6-5-11(9-14(13)21-4)18-12-7-8-17-10-12/h5-6,9,12,17-18H,7-8,10H2,1-4H3,(H,19,20). The van der Waals surface area contributed by atoms with Gasteiger partial charge in [0.2, 0.25) is 0 Å². The SMILES string of the molecule is COc1cc(NC2CCNC2)ccc1NC(=O)OC(C)(C)C. The van der Waals surface area contributed by atoms with Crippen LogP contribution in [0.25, 0.3) is 0 Å². The molecule has 0 aromatic heterocycles. The van der Waals surface area contributed by atoms with Crippen molar-refractivity contribution in [3.05, 3.63) is 18.2 Å². The average Bonchev–Trinajstić information content (AvgIpc) is 2.91. The van der Waals surface area contributed by atoms with Crippen LogP contribution in [0, 0.1) is 0 Å². The topological polar surface area (TPSA) is 71.6 Å². The molecule has 0 bridgehead atoms. The van der Waals surface area contributed by atoms with Crippen LogP contribution in [0.3, 0.4) is 0 Å². The fraction of sp³-hybridized carbons (Fsp3) is 0.562. The Balaban J connectivity index is 2.03. The van der Waals surface area contributed by atoms with Gasteiger partial charge in [-0.05, 0) is 45.9 Å². The van der Waals surface area contributed by atoms with Gasteiger partial charge in [-0.3, -0.25) is 5.32 Å². The molecule has 1 aromatic rings. The maximum absolute atomic E-state index is 11.8. The van der Waals surface area contributed by atoms with Crippen molar-refractivity contribution in [3.8, 4) is 5.75 Å². The van der Waals surface area contributed by atoms with Gasteiger partial charge in [0, 0.05) is 24.3 Å². The molecule has 3 N–H and O–H groups in total. The molecule has 1 heterocycles. The number of methoxy groups -OCH3 is 1. The number of hydrogen-bond acceptors (Lipinski definition) is 5. The second-order valence-corrected chi connectivity index (χ2v) is 6.38. The van der Waals surface area contributed by atoms with Gasteiger partial charge in [-0.25, -0.2) is 4.79 Å². The van der Waals surface area contributed by atoms with E-state index in [1.807, 2.05) is 39.0 Å². The summed E-state index contributed by atoms with van der Waals surface area (Å²) in [7, 11) is 1.58. The minimum atomic E-state index is -0.533. The van der Waals surface area contributed by atoms with E-state index in [0.717, 1.165) is 25.2 Å². The van der Waals surface area contributed by atoms with E-state index in [2.05, 4.69) is 16.0 Å². The highest BCUT2D eigenvalue weighted by Crippen LogP contribution is 2.29. The normalized spacial score (nSPS) is 17.9. The summed E-state index contributed by atoms with van der Waals surface area (Å²) in [6.07, 6.45) is 0.603. The maximum Gasteiger partial charge on any atom is 0.412 e. The van der Waals surface area contributed by atoms with Crippen LogP contribution < -0.4 is 20.7 Å². The summed E-state index contributed by atoms with van der Waals surface area (Å²) in [5.74, 6) is 0.599. The molecule has 22 heavy (non-hydrogen) atoms. The highest BCUT2D eigenvalue weighted by Gasteiger charge is 2.18. The van der Waals surface area contributed by atoms with E-state index in [4.69, 9.17) is 9.47 Å². The summed E-state index contributed by atoms with van der Waals surface area (Å²) in [4.78, 5) is 11.8. The lowest BCUT2D eigenvalue weighted by Crippen LogP contribution is -2.27. The van der Waals surface area contributed by atoms with Crippen molar-refractivity contribution in [1.29, 1.82) is 0 Å². The number of nitrogens with one attached hydrogen (secondary N) is 3. The predicted octanol–water partition coefficient (Wildman–Crippen LogP) is 2.82. The zero-order valence-corrected chi connectivity index (χ0v) is 13.7. The van der Waals surface area contributed by atoms with E-state index >= 15 is 0 Å². The number of amides is 1. The quantitative estimate of drug-likeness (QED) is 0.798. The summed E-state index contributed by atoms with van der Waals surface area (Å²) in [5, 5.41) is 9.47. The number of ether oxygens (including phenoxy) is 2. The Kier molecular flexibility index (Phi) is 5.13. The van der Waals surface area contributed by atoms with E-state index in [-0.39, 0.29) is 0 Å². The molecule has 1 aliphatic rings. The van der Waals surface area contributed by atoms with Crippen molar-refractivity contribution >= 4 is 17.5 Å². The smallest absolute Gasteiger partial charge is 0.412 e. The van der Waals surface area contributed by atoms with Crippen molar-refractivity contribution in [2.75, 3.05) is 30.8 Å². The third-order valence-electron chi connectivity index (χ3n) is 3.27. The van der Waals surface area contributed by atoms with Crippen LogP contribution in [-0.2, 0) is 4.74 Å². The van der Waals surface area contributed by atoms with Crippen molar-refractivity contribution in [1.82, 2.24) is 5.32 Å². The zero-order valence-electron chi connectivity index (χ0n) is 13.7. The van der Waals surface area contributed by atoms with Gasteiger partial charge in [-0.1, -0.05) is 0 Å². The summed E-state index contributed by atoms with van der Waals surface area (Å²) < 4.78 is 10.6. The maximum atomic E-state index is 11.8. The van der Waals surface area contributed by atoms with Crippen LogP contribution in [0.4, 0.5) is 16.2 Å². The van der Waals surface area contributed by atoms with E-state index in [1.54, 1.807) is 7.11 Å². The van der Waals surface area contributed by atoms with Gasteiger partial charge in [-0.15, -0.1) is 0 Å². The fourth-order valence-corrected chi connectivity index (χ4v) is 2.31. The Bertz CT molecular complexity index is 520. The lowest BCUT2D eigenvalue weighted by Gasteiger charge is -2.21. The molecule has 1 unspecified atom stereocenters. The molecule has 1 aromatic carbocycles. The average molecular weight is 307 g/mol. The molecule has 6 nitrogen and oxygen atoms in total. The van der Waals surface area contributed by atoms with Gasteiger partial charge < -0.3 is 20.1 Å². The van der Waals surface area contributed by atoms with Crippen LogP contribution in [0.15, 0.2) is 18.2 Å². The van der Waals surface area contributed by atoms with Crippen LogP contribution in [0.1, 0.15) is 27.2 Å².